The number of nitrogens with zero attached hydrogens (tertiary/aromatic N) is 1. The molecule has 1 amide bonds. The van der Waals surface area contributed by atoms with Gasteiger partial charge in [0.1, 0.15) is 6.10 Å². The topological polar surface area (TPSA) is 59.0 Å². The van der Waals surface area contributed by atoms with Crippen molar-refractivity contribution < 1.29 is 19.4 Å². The maximum Gasteiger partial charge on any atom is 0.231 e. The smallest absolute Gasteiger partial charge is 0.231 e. The van der Waals surface area contributed by atoms with Crippen LogP contribution in [0.1, 0.15) is 35.8 Å². The van der Waals surface area contributed by atoms with Crippen LogP contribution in [-0.4, -0.2) is 29.3 Å². The van der Waals surface area contributed by atoms with Crippen LogP contribution in [-0.2, 0) is 11.2 Å². The Morgan fingerprint density at radius 2 is 2.12 bits per heavy atom. The normalized spacial score (nSPS) is 22.8. The molecule has 5 heteroatoms. The highest BCUT2D eigenvalue weighted by Crippen LogP contribution is 2.56. The summed E-state index contributed by atoms with van der Waals surface area (Å²) in [5.74, 6) is 1.46. The number of rotatable bonds is 0. The zero-order valence-corrected chi connectivity index (χ0v) is 13.3. The highest BCUT2D eigenvalue weighted by molar-refractivity contribution is 5.86. The summed E-state index contributed by atoms with van der Waals surface area (Å²) in [4.78, 5) is 13.9. The van der Waals surface area contributed by atoms with E-state index in [9.17, 15) is 9.90 Å². The molecule has 3 aliphatic rings. The second kappa shape index (κ2) is 4.74. The predicted octanol–water partition coefficient (Wildman–Crippen LogP) is 2.58. The molecule has 2 atom stereocenters. The number of hydrogen-bond donors (Lipinski definition) is 1. The zero-order valence-electron chi connectivity index (χ0n) is 13.3. The first-order valence-corrected chi connectivity index (χ1v) is 8.16. The summed E-state index contributed by atoms with van der Waals surface area (Å²) in [6, 6.07) is 9.43. The Morgan fingerprint density at radius 1 is 1.29 bits per heavy atom. The molecule has 2 aromatic rings. The standard InChI is InChI=1S/C19H17NO4/c1-10(21)20-7-6-11-8-14-19(24-9-23-14)16-12-4-2-3-5-13(12)18(22)17(20)15(11)16/h2-5,8,17-18,22H,6-7,9H2,1H3/t17-,18-/m0/s1. The van der Waals surface area contributed by atoms with E-state index < -0.39 is 6.10 Å². The molecule has 122 valence electrons. The largest absolute Gasteiger partial charge is 0.454 e. The molecule has 0 unspecified atom stereocenters. The highest BCUT2D eigenvalue weighted by atomic mass is 16.7. The number of fused-ring (bicyclic) bond motifs is 4. The molecular formula is C19H17NO4. The Hall–Kier alpha value is -2.53. The van der Waals surface area contributed by atoms with E-state index in [0.29, 0.717) is 6.54 Å². The highest BCUT2D eigenvalue weighted by Gasteiger charge is 2.44. The average molecular weight is 323 g/mol. The molecular weight excluding hydrogens is 306 g/mol. The lowest BCUT2D eigenvalue weighted by Gasteiger charge is -2.44. The van der Waals surface area contributed by atoms with E-state index in [1.165, 1.54) is 0 Å². The Bertz CT molecular complexity index is 876. The minimum Gasteiger partial charge on any atom is -0.454 e. The van der Waals surface area contributed by atoms with Crippen LogP contribution >= 0.6 is 0 Å². The summed E-state index contributed by atoms with van der Waals surface area (Å²) in [5.41, 5.74) is 4.90. The minimum absolute atomic E-state index is 0.0207. The molecule has 2 aromatic carbocycles. The summed E-state index contributed by atoms with van der Waals surface area (Å²) in [6.07, 6.45) is 0.0150. The van der Waals surface area contributed by atoms with Crippen molar-refractivity contribution in [3.05, 3.63) is 47.0 Å². The first kappa shape index (κ1) is 13.9. The summed E-state index contributed by atoms with van der Waals surface area (Å²) in [5, 5.41) is 11.0. The van der Waals surface area contributed by atoms with Crippen LogP contribution in [0.5, 0.6) is 11.5 Å². The van der Waals surface area contributed by atoms with Gasteiger partial charge in [-0.15, -0.1) is 0 Å². The number of amides is 1. The van der Waals surface area contributed by atoms with E-state index >= 15 is 0 Å². The molecule has 0 bridgehead atoms. The van der Waals surface area contributed by atoms with Crippen LogP contribution in [0.3, 0.4) is 0 Å². The number of ether oxygens (including phenoxy) is 2. The monoisotopic (exact) mass is 323 g/mol. The molecule has 0 saturated carbocycles. The van der Waals surface area contributed by atoms with Gasteiger partial charge in [-0.25, -0.2) is 0 Å². The van der Waals surface area contributed by atoms with Crippen molar-refractivity contribution in [3.63, 3.8) is 0 Å². The lowest BCUT2D eigenvalue weighted by atomic mass is 9.75. The fourth-order valence-electron chi connectivity index (χ4n) is 4.29. The number of carbonyl (C=O) groups excluding carboxylic acids is 1. The maximum absolute atomic E-state index is 12.2. The van der Waals surface area contributed by atoms with Crippen molar-refractivity contribution in [2.45, 2.75) is 25.5 Å². The predicted molar refractivity (Wildman–Crippen MR) is 86.8 cm³/mol. The molecule has 0 saturated heterocycles. The SMILES string of the molecule is CC(=O)N1CCc2cc3c(c4c2[C@H]1[C@@H](O)c1ccccc1-4)OCO3. The van der Waals surface area contributed by atoms with Crippen LogP contribution in [0, 0.1) is 0 Å². The van der Waals surface area contributed by atoms with Crippen LogP contribution in [0.4, 0.5) is 0 Å². The van der Waals surface area contributed by atoms with Crippen LogP contribution in [0.2, 0.25) is 0 Å². The Morgan fingerprint density at radius 3 is 2.96 bits per heavy atom. The van der Waals surface area contributed by atoms with Crippen molar-refractivity contribution in [1.29, 1.82) is 0 Å². The molecule has 0 fully saturated rings. The number of benzene rings is 2. The van der Waals surface area contributed by atoms with E-state index in [2.05, 4.69) is 0 Å². The summed E-state index contributed by atoms with van der Waals surface area (Å²) >= 11 is 0. The van der Waals surface area contributed by atoms with Crippen molar-refractivity contribution in [2.24, 2.45) is 0 Å². The van der Waals surface area contributed by atoms with Gasteiger partial charge in [0.15, 0.2) is 11.5 Å². The van der Waals surface area contributed by atoms with E-state index in [-0.39, 0.29) is 18.7 Å². The van der Waals surface area contributed by atoms with Gasteiger partial charge in [-0.2, -0.15) is 0 Å². The molecule has 1 N–H and O–H groups in total. The number of hydrogen-bond acceptors (Lipinski definition) is 4. The zero-order chi connectivity index (χ0) is 16.4. The van der Waals surface area contributed by atoms with Gasteiger partial charge < -0.3 is 19.5 Å². The summed E-state index contributed by atoms with van der Waals surface area (Å²) in [6.45, 7) is 2.37. The second-order valence-electron chi connectivity index (χ2n) is 6.50. The summed E-state index contributed by atoms with van der Waals surface area (Å²) < 4.78 is 11.4. The Balaban J connectivity index is 1.87. The first-order valence-electron chi connectivity index (χ1n) is 8.16. The third-order valence-electron chi connectivity index (χ3n) is 5.30. The fourth-order valence-corrected chi connectivity index (χ4v) is 4.29. The minimum atomic E-state index is -0.739. The van der Waals surface area contributed by atoms with Crippen LogP contribution < -0.4 is 9.47 Å². The third kappa shape index (κ3) is 1.65. The van der Waals surface area contributed by atoms with Gasteiger partial charge >= 0.3 is 0 Å². The molecule has 2 heterocycles. The Kier molecular flexibility index (Phi) is 2.74. The Labute approximate surface area is 139 Å². The second-order valence-corrected chi connectivity index (χ2v) is 6.50. The number of aliphatic hydroxyl groups is 1. The molecule has 24 heavy (non-hydrogen) atoms. The van der Waals surface area contributed by atoms with Crippen molar-refractivity contribution in [2.75, 3.05) is 13.3 Å². The van der Waals surface area contributed by atoms with Gasteiger partial charge in [0, 0.05) is 19.0 Å². The number of carbonyl (C=O) groups is 1. The van der Waals surface area contributed by atoms with Crippen molar-refractivity contribution in [3.8, 4) is 22.6 Å². The van der Waals surface area contributed by atoms with Crippen molar-refractivity contribution in [1.82, 2.24) is 4.90 Å². The lowest BCUT2D eigenvalue weighted by molar-refractivity contribution is -0.134. The van der Waals surface area contributed by atoms with E-state index in [4.69, 9.17) is 9.47 Å². The van der Waals surface area contributed by atoms with Gasteiger partial charge in [-0.05, 0) is 34.7 Å². The van der Waals surface area contributed by atoms with Gasteiger partial charge in [0.2, 0.25) is 12.7 Å². The molecule has 2 aliphatic heterocycles. The third-order valence-corrected chi connectivity index (χ3v) is 5.30. The maximum atomic E-state index is 12.2. The van der Waals surface area contributed by atoms with Gasteiger partial charge in [-0.3, -0.25) is 4.79 Å². The molecule has 0 spiro atoms. The fraction of sp³-hybridized carbons (Fsp3) is 0.316. The van der Waals surface area contributed by atoms with E-state index in [1.807, 2.05) is 30.3 Å². The quantitative estimate of drug-likeness (QED) is 0.809. The molecule has 0 aromatic heterocycles. The first-order chi connectivity index (χ1) is 11.7. The average Bonchev–Trinajstić information content (AvgIpc) is 3.05. The molecule has 0 radical (unpaired) electrons. The van der Waals surface area contributed by atoms with Gasteiger partial charge in [-0.1, -0.05) is 24.3 Å². The van der Waals surface area contributed by atoms with E-state index in [1.54, 1.807) is 11.8 Å². The van der Waals surface area contributed by atoms with Crippen molar-refractivity contribution >= 4 is 5.91 Å². The molecule has 5 nitrogen and oxygen atoms in total. The van der Waals surface area contributed by atoms with Crippen LogP contribution in [0.25, 0.3) is 11.1 Å². The molecule has 1 aliphatic carbocycles. The van der Waals surface area contributed by atoms with Gasteiger partial charge in [0.05, 0.1) is 6.04 Å². The van der Waals surface area contributed by atoms with Crippen LogP contribution in [0.15, 0.2) is 30.3 Å². The molecule has 5 rings (SSSR count). The van der Waals surface area contributed by atoms with E-state index in [0.717, 1.165) is 45.7 Å². The summed E-state index contributed by atoms with van der Waals surface area (Å²) in [7, 11) is 0. The lowest BCUT2D eigenvalue weighted by Crippen LogP contribution is -2.43. The number of aliphatic hydroxyl groups excluding tert-OH is 1. The van der Waals surface area contributed by atoms with Gasteiger partial charge in [0.25, 0.3) is 0 Å².